The van der Waals surface area contributed by atoms with Crippen molar-refractivity contribution in [1.29, 1.82) is 0 Å². The lowest BCUT2D eigenvalue weighted by molar-refractivity contribution is 0.0164. The first-order valence-electron chi connectivity index (χ1n) is 5.96. The van der Waals surface area contributed by atoms with E-state index in [1.165, 1.54) is 6.42 Å². The van der Waals surface area contributed by atoms with Gasteiger partial charge in [-0.15, -0.1) is 11.6 Å². The van der Waals surface area contributed by atoms with E-state index in [1.807, 2.05) is 25.7 Å². The van der Waals surface area contributed by atoms with E-state index in [-0.39, 0.29) is 6.09 Å². The van der Waals surface area contributed by atoms with Crippen LogP contribution in [-0.4, -0.2) is 35.6 Å². The first-order chi connectivity index (χ1) is 7.42. The topological polar surface area (TPSA) is 29.5 Å². The van der Waals surface area contributed by atoms with E-state index < -0.39 is 5.60 Å². The Bertz CT molecular complexity index is 236. The van der Waals surface area contributed by atoms with E-state index in [4.69, 9.17) is 16.3 Å². The fourth-order valence-corrected chi connectivity index (χ4v) is 2.26. The lowest BCUT2D eigenvalue weighted by Crippen LogP contribution is -2.42. The summed E-state index contributed by atoms with van der Waals surface area (Å²) >= 11 is 5.73. The molecule has 0 bridgehead atoms. The van der Waals surface area contributed by atoms with E-state index in [1.54, 1.807) is 0 Å². The Balaban J connectivity index is 2.44. The Kier molecular flexibility index (Phi) is 4.90. The number of carbonyl (C=O) groups excluding carboxylic acids is 1. The van der Waals surface area contributed by atoms with Crippen LogP contribution in [0.15, 0.2) is 0 Å². The van der Waals surface area contributed by atoms with Crippen molar-refractivity contribution in [2.75, 3.05) is 19.0 Å². The smallest absolute Gasteiger partial charge is 0.410 e. The van der Waals surface area contributed by atoms with Crippen LogP contribution >= 0.6 is 11.6 Å². The summed E-state index contributed by atoms with van der Waals surface area (Å²) in [6, 6.07) is 0. The van der Waals surface area contributed by atoms with Crippen molar-refractivity contribution in [1.82, 2.24) is 4.90 Å². The SMILES string of the molecule is CC(C)(C)OC(=O)N1CCC[C@@H](CCCl)C1. The maximum absolute atomic E-state index is 11.8. The third kappa shape index (κ3) is 4.60. The molecule has 0 saturated carbocycles. The summed E-state index contributed by atoms with van der Waals surface area (Å²) in [5, 5.41) is 0. The second-order valence-corrected chi connectivity index (χ2v) is 5.79. The normalized spacial score (nSPS) is 22.0. The summed E-state index contributed by atoms with van der Waals surface area (Å²) in [6.07, 6.45) is 3.03. The number of likely N-dealkylation sites (tertiary alicyclic amines) is 1. The molecule has 3 nitrogen and oxygen atoms in total. The maximum Gasteiger partial charge on any atom is 0.410 e. The molecule has 0 radical (unpaired) electrons. The van der Waals surface area contributed by atoms with E-state index >= 15 is 0 Å². The number of nitrogens with zero attached hydrogens (tertiary/aromatic N) is 1. The molecular formula is C12H22ClNO2. The number of halogens is 1. The van der Waals surface area contributed by atoms with Gasteiger partial charge >= 0.3 is 6.09 Å². The molecule has 0 aliphatic carbocycles. The molecule has 1 aliphatic rings. The van der Waals surface area contributed by atoms with Gasteiger partial charge in [0.2, 0.25) is 0 Å². The molecule has 1 atom stereocenters. The van der Waals surface area contributed by atoms with E-state index in [2.05, 4.69) is 0 Å². The van der Waals surface area contributed by atoms with Gasteiger partial charge in [0.05, 0.1) is 0 Å². The monoisotopic (exact) mass is 247 g/mol. The molecule has 94 valence electrons. The van der Waals surface area contributed by atoms with Crippen molar-refractivity contribution in [3.8, 4) is 0 Å². The largest absolute Gasteiger partial charge is 0.444 e. The number of piperidine rings is 1. The van der Waals surface area contributed by atoms with Gasteiger partial charge in [-0.1, -0.05) is 0 Å². The summed E-state index contributed by atoms with van der Waals surface area (Å²) in [5.74, 6) is 1.21. The van der Waals surface area contributed by atoms with Gasteiger partial charge in [0, 0.05) is 19.0 Å². The van der Waals surface area contributed by atoms with Crippen LogP contribution in [0.1, 0.15) is 40.0 Å². The van der Waals surface area contributed by atoms with Gasteiger partial charge in [-0.05, 0) is 46.0 Å². The Morgan fingerprint density at radius 1 is 1.50 bits per heavy atom. The zero-order chi connectivity index (χ0) is 12.2. The highest BCUT2D eigenvalue weighted by Crippen LogP contribution is 2.21. The Morgan fingerprint density at radius 2 is 2.19 bits per heavy atom. The van der Waals surface area contributed by atoms with Crippen LogP contribution in [0.25, 0.3) is 0 Å². The number of amides is 1. The van der Waals surface area contributed by atoms with Gasteiger partial charge in [0.1, 0.15) is 5.60 Å². The molecule has 4 heteroatoms. The summed E-state index contributed by atoms with van der Waals surface area (Å²) in [7, 11) is 0. The standard InChI is InChI=1S/C12H22ClNO2/c1-12(2,3)16-11(15)14-8-4-5-10(9-14)6-7-13/h10H,4-9H2,1-3H3/t10-/m0/s1. The molecule has 0 spiro atoms. The van der Waals surface area contributed by atoms with Gasteiger partial charge in [0.25, 0.3) is 0 Å². The van der Waals surface area contributed by atoms with Crippen molar-refractivity contribution in [3.05, 3.63) is 0 Å². The van der Waals surface area contributed by atoms with E-state index in [0.29, 0.717) is 11.8 Å². The first kappa shape index (κ1) is 13.6. The lowest BCUT2D eigenvalue weighted by atomic mass is 9.96. The molecule has 1 fully saturated rings. The van der Waals surface area contributed by atoms with Gasteiger partial charge in [-0.3, -0.25) is 0 Å². The maximum atomic E-state index is 11.8. The molecule has 1 saturated heterocycles. The van der Waals surface area contributed by atoms with Crippen LogP contribution in [-0.2, 0) is 4.74 Å². The van der Waals surface area contributed by atoms with Gasteiger partial charge in [-0.25, -0.2) is 4.79 Å². The van der Waals surface area contributed by atoms with Crippen LogP contribution in [0.5, 0.6) is 0 Å². The summed E-state index contributed by atoms with van der Waals surface area (Å²) in [6.45, 7) is 7.29. The molecule has 1 rings (SSSR count). The molecule has 1 aliphatic heterocycles. The average Bonchev–Trinajstić information content (AvgIpc) is 2.16. The zero-order valence-corrected chi connectivity index (χ0v) is 11.2. The number of rotatable bonds is 2. The predicted molar refractivity (Wildman–Crippen MR) is 65.9 cm³/mol. The van der Waals surface area contributed by atoms with Gasteiger partial charge in [-0.2, -0.15) is 0 Å². The average molecular weight is 248 g/mol. The van der Waals surface area contributed by atoms with E-state index in [0.717, 1.165) is 25.9 Å². The van der Waals surface area contributed by atoms with Crippen LogP contribution in [0.3, 0.4) is 0 Å². The summed E-state index contributed by atoms with van der Waals surface area (Å²) in [5.41, 5.74) is -0.406. The summed E-state index contributed by atoms with van der Waals surface area (Å²) in [4.78, 5) is 13.6. The molecule has 0 aromatic heterocycles. The van der Waals surface area contributed by atoms with Gasteiger partial charge < -0.3 is 9.64 Å². The van der Waals surface area contributed by atoms with Crippen LogP contribution in [0, 0.1) is 5.92 Å². The second kappa shape index (κ2) is 5.76. The first-order valence-corrected chi connectivity index (χ1v) is 6.49. The molecule has 0 aromatic rings. The summed E-state index contributed by atoms with van der Waals surface area (Å²) < 4.78 is 5.36. The fourth-order valence-electron chi connectivity index (χ4n) is 1.95. The van der Waals surface area contributed by atoms with Crippen molar-refractivity contribution >= 4 is 17.7 Å². The Hall–Kier alpha value is -0.440. The van der Waals surface area contributed by atoms with Crippen LogP contribution in [0.2, 0.25) is 0 Å². The second-order valence-electron chi connectivity index (χ2n) is 5.41. The third-order valence-corrected chi connectivity index (χ3v) is 2.91. The highest BCUT2D eigenvalue weighted by molar-refractivity contribution is 6.17. The zero-order valence-electron chi connectivity index (χ0n) is 10.5. The lowest BCUT2D eigenvalue weighted by Gasteiger charge is -2.33. The molecule has 1 amide bonds. The fraction of sp³-hybridized carbons (Fsp3) is 0.917. The van der Waals surface area contributed by atoms with Crippen LogP contribution in [0.4, 0.5) is 4.79 Å². The molecular weight excluding hydrogens is 226 g/mol. The molecule has 16 heavy (non-hydrogen) atoms. The van der Waals surface area contributed by atoms with Crippen molar-refractivity contribution < 1.29 is 9.53 Å². The number of hydrogen-bond acceptors (Lipinski definition) is 2. The number of ether oxygens (including phenoxy) is 1. The number of alkyl halides is 1. The minimum atomic E-state index is -0.406. The molecule has 0 unspecified atom stereocenters. The highest BCUT2D eigenvalue weighted by Gasteiger charge is 2.27. The molecule has 1 heterocycles. The van der Waals surface area contributed by atoms with Crippen molar-refractivity contribution in [2.24, 2.45) is 5.92 Å². The highest BCUT2D eigenvalue weighted by atomic mass is 35.5. The minimum absolute atomic E-state index is 0.188. The number of carbonyl (C=O) groups is 1. The third-order valence-electron chi connectivity index (χ3n) is 2.69. The van der Waals surface area contributed by atoms with Crippen LogP contribution < -0.4 is 0 Å². The molecule has 0 aromatic carbocycles. The van der Waals surface area contributed by atoms with Crippen molar-refractivity contribution in [3.63, 3.8) is 0 Å². The Labute approximate surface area is 103 Å². The Morgan fingerprint density at radius 3 is 2.75 bits per heavy atom. The van der Waals surface area contributed by atoms with Gasteiger partial charge in [0.15, 0.2) is 0 Å². The molecule has 0 N–H and O–H groups in total. The minimum Gasteiger partial charge on any atom is -0.444 e. The van der Waals surface area contributed by atoms with E-state index in [9.17, 15) is 4.79 Å². The van der Waals surface area contributed by atoms with Crippen molar-refractivity contribution in [2.45, 2.75) is 45.6 Å². The quantitative estimate of drug-likeness (QED) is 0.701. The predicted octanol–water partition coefficient (Wildman–Crippen LogP) is 3.26. The number of hydrogen-bond donors (Lipinski definition) is 0.